The Labute approximate surface area is 189 Å². The second-order valence-corrected chi connectivity index (χ2v) is 8.57. The highest BCUT2D eigenvalue weighted by Crippen LogP contribution is 2.47. The van der Waals surface area contributed by atoms with Crippen LogP contribution in [0.2, 0.25) is 0 Å². The maximum Gasteiger partial charge on any atom is 0.316 e. The number of nitrogens with one attached hydrogen (secondary N) is 1. The van der Waals surface area contributed by atoms with Gasteiger partial charge in [0.1, 0.15) is 18.3 Å². The molecule has 0 aromatic heterocycles. The summed E-state index contributed by atoms with van der Waals surface area (Å²) >= 11 is 0. The van der Waals surface area contributed by atoms with Gasteiger partial charge in [0.05, 0.1) is 6.10 Å². The summed E-state index contributed by atoms with van der Waals surface area (Å²) in [6, 6.07) is 17.5. The molecule has 4 rings (SSSR count). The Morgan fingerprint density at radius 1 is 1.09 bits per heavy atom. The fraction of sp³-hybridized carbons (Fsp3) is 0.333. The molecule has 2 aliphatic rings. The van der Waals surface area contributed by atoms with Gasteiger partial charge in [-0.1, -0.05) is 55.1 Å². The number of esters is 1. The number of benzene rings is 2. The van der Waals surface area contributed by atoms with E-state index >= 15 is 0 Å². The van der Waals surface area contributed by atoms with Gasteiger partial charge in [0, 0.05) is 34.9 Å². The molecule has 2 aromatic carbocycles. The summed E-state index contributed by atoms with van der Waals surface area (Å²) in [6.45, 7) is 8.17. The van der Waals surface area contributed by atoms with Gasteiger partial charge in [0.25, 0.3) is 0 Å². The number of hydrogen-bond donors (Lipinski definition) is 1. The lowest BCUT2D eigenvalue weighted by molar-refractivity contribution is -0.151. The van der Waals surface area contributed by atoms with Crippen LogP contribution in [0.4, 0.5) is 0 Å². The smallest absolute Gasteiger partial charge is 0.316 e. The molecular formula is C27H29NO4. The fourth-order valence-electron chi connectivity index (χ4n) is 4.52. The van der Waals surface area contributed by atoms with E-state index in [2.05, 4.69) is 11.9 Å². The van der Waals surface area contributed by atoms with Gasteiger partial charge in [0.2, 0.25) is 0 Å². The average Bonchev–Trinajstić information content (AvgIpc) is 2.77. The second-order valence-electron chi connectivity index (χ2n) is 8.57. The lowest BCUT2D eigenvalue weighted by Gasteiger charge is -2.38. The van der Waals surface area contributed by atoms with E-state index in [4.69, 9.17) is 9.47 Å². The van der Waals surface area contributed by atoms with Crippen LogP contribution in [-0.4, -0.2) is 17.9 Å². The molecule has 2 aromatic rings. The number of carbonyl (C=O) groups excluding carboxylic acids is 2. The zero-order valence-electron chi connectivity index (χ0n) is 18.6. The van der Waals surface area contributed by atoms with E-state index in [9.17, 15) is 9.59 Å². The first-order valence-electron chi connectivity index (χ1n) is 11.1. The monoisotopic (exact) mass is 431 g/mol. The van der Waals surface area contributed by atoms with E-state index in [1.54, 1.807) is 0 Å². The molecule has 2 atom stereocenters. The number of ketones is 1. The van der Waals surface area contributed by atoms with Crippen molar-refractivity contribution in [2.45, 2.75) is 51.7 Å². The molecule has 1 N–H and O–H groups in total. The van der Waals surface area contributed by atoms with Crippen molar-refractivity contribution in [1.29, 1.82) is 0 Å². The first-order valence-corrected chi connectivity index (χ1v) is 11.1. The molecule has 0 saturated heterocycles. The van der Waals surface area contributed by atoms with Gasteiger partial charge >= 0.3 is 5.97 Å². The minimum atomic E-state index is -0.709. The third-order valence-electron chi connectivity index (χ3n) is 5.88. The maximum absolute atomic E-state index is 13.2. The van der Waals surface area contributed by atoms with Crippen molar-refractivity contribution in [3.63, 3.8) is 0 Å². The van der Waals surface area contributed by atoms with E-state index in [0.29, 0.717) is 30.0 Å². The molecule has 0 bridgehead atoms. The summed E-state index contributed by atoms with van der Waals surface area (Å²) in [4.78, 5) is 26.3. The number of para-hydroxylation sites is 1. The van der Waals surface area contributed by atoms with Gasteiger partial charge in [-0.25, -0.2) is 0 Å². The van der Waals surface area contributed by atoms with Crippen LogP contribution in [0.15, 0.2) is 78.1 Å². The summed E-state index contributed by atoms with van der Waals surface area (Å²) in [5.41, 5.74) is 3.93. The first kappa shape index (κ1) is 21.9. The minimum Gasteiger partial charge on any atom is -0.489 e. The third kappa shape index (κ3) is 4.47. The molecule has 2 unspecified atom stereocenters. The van der Waals surface area contributed by atoms with Gasteiger partial charge in [0.15, 0.2) is 5.78 Å². The predicted molar refractivity (Wildman–Crippen MR) is 123 cm³/mol. The third-order valence-corrected chi connectivity index (χ3v) is 5.88. The van der Waals surface area contributed by atoms with Crippen molar-refractivity contribution in [3.05, 3.63) is 89.3 Å². The van der Waals surface area contributed by atoms with Crippen LogP contribution in [0.3, 0.4) is 0 Å². The average molecular weight is 432 g/mol. The van der Waals surface area contributed by atoms with Crippen LogP contribution in [0.25, 0.3) is 0 Å². The second kappa shape index (κ2) is 9.43. The summed E-state index contributed by atoms with van der Waals surface area (Å²) in [7, 11) is 0. The van der Waals surface area contributed by atoms with Crippen LogP contribution < -0.4 is 10.1 Å². The summed E-state index contributed by atoms with van der Waals surface area (Å²) < 4.78 is 11.8. The Morgan fingerprint density at radius 2 is 1.81 bits per heavy atom. The number of ether oxygens (including phenoxy) is 2. The van der Waals surface area contributed by atoms with Crippen molar-refractivity contribution in [2.75, 3.05) is 0 Å². The Hall–Kier alpha value is -3.34. The van der Waals surface area contributed by atoms with Gasteiger partial charge < -0.3 is 14.8 Å². The Kier molecular flexibility index (Phi) is 6.45. The molecule has 0 spiro atoms. The molecular weight excluding hydrogens is 402 g/mol. The van der Waals surface area contributed by atoms with Crippen LogP contribution in [0.5, 0.6) is 5.75 Å². The number of Topliss-reactive ketones (excluding diaryl/α,β-unsaturated/α-hetero) is 1. The summed E-state index contributed by atoms with van der Waals surface area (Å²) in [6.07, 6.45) is 1.76. The summed E-state index contributed by atoms with van der Waals surface area (Å²) in [5.74, 6) is -0.866. The van der Waals surface area contributed by atoms with Crippen molar-refractivity contribution >= 4 is 11.8 Å². The number of carbonyl (C=O) groups is 2. The molecule has 5 heteroatoms. The highest BCUT2D eigenvalue weighted by molar-refractivity contribution is 6.00. The molecule has 1 aliphatic carbocycles. The highest BCUT2D eigenvalue weighted by Gasteiger charge is 2.45. The zero-order chi connectivity index (χ0) is 22.7. The molecule has 0 fully saturated rings. The number of allylic oxidation sites excluding steroid dienone is 2. The Balaban J connectivity index is 1.77. The van der Waals surface area contributed by atoms with Gasteiger partial charge in [-0.3, -0.25) is 9.59 Å². The van der Waals surface area contributed by atoms with E-state index in [1.165, 1.54) is 0 Å². The summed E-state index contributed by atoms with van der Waals surface area (Å²) in [5, 5.41) is 3.25. The van der Waals surface area contributed by atoms with Gasteiger partial charge in [-0.2, -0.15) is 0 Å². The molecule has 0 radical (unpaired) electrons. The topological polar surface area (TPSA) is 64.6 Å². The number of rotatable bonds is 6. The van der Waals surface area contributed by atoms with Crippen molar-refractivity contribution in [1.82, 2.24) is 5.32 Å². The van der Waals surface area contributed by atoms with E-state index in [-0.39, 0.29) is 17.9 Å². The van der Waals surface area contributed by atoms with E-state index in [0.717, 1.165) is 29.7 Å². The van der Waals surface area contributed by atoms with E-state index in [1.807, 2.05) is 68.4 Å². The SMILES string of the molecule is C=C1NC2=C(C(=O)CCC2)C(c2ccccc2OCc2ccccc2)C1C(=O)OC(C)C. The molecule has 0 saturated carbocycles. The Morgan fingerprint density at radius 3 is 2.56 bits per heavy atom. The maximum atomic E-state index is 13.2. The lowest BCUT2D eigenvalue weighted by atomic mass is 9.71. The van der Waals surface area contributed by atoms with E-state index < -0.39 is 11.8 Å². The highest BCUT2D eigenvalue weighted by atomic mass is 16.5. The molecule has 32 heavy (non-hydrogen) atoms. The molecule has 166 valence electrons. The Bertz CT molecular complexity index is 1050. The first-order chi connectivity index (χ1) is 15.5. The fourth-order valence-corrected chi connectivity index (χ4v) is 4.52. The normalized spacial score (nSPS) is 20.6. The zero-order valence-corrected chi connectivity index (χ0v) is 18.6. The molecule has 1 heterocycles. The van der Waals surface area contributed by atoms with Gasteiger partial charge in [-0.15, -0.1) is 0 Å². The molecule has 0 amide bonds. The van der Waals surface area contributed by atoms with Crippen LogP contribution in [0.1, 0.15) is 50.2 Å². The van der Waals surface area contributed by atoms with Crippen molar-refractivity contribution in [3.8, 4) is 5.75 Å². The van der Waals surface area contributed by atoms with Crippen LogP contribution in [-0.2, 0) is 20.9 Å². The predicted octanol–water partition coefficient (Wildman–Crippen LogP) is 5.04. The minimum absolute atomic E-state index is 0.0662. The van der Waals surface area contributed by atoms with Crippen molar-refractivity contribution < 1.29 is 19.1 Å². The quantitative estimate of drug-likeness (QED) is 0.649. The van der Waals surface area contributed by atoms with Crippen molar-refractivity contribution in [2.24, 2.45) is 5.92 Å². The standard InChI is InChI=1S/C27H29NO4/c1-17(2)32-27(30)24-18(3)28-21-13-9-14-22(29)26(21)25(24)20-12-7-8-15-23(20)31-16-19-10-5-4-6-11-19/h4-8,10-12,15,17,24-25,28H,3,9,13-14,16H2,1-2H3. The van der Waals surface area contributed by atoms with Crippen LogP contribution in [0, 0.1) is 5.92 Å². The number of hydrogen-bond acceptors (Lipinski definition) is 5. The van der Waals surface area contributed by atoms with Gasteiger partial charge in [-0.05, 0) is 38.3 Å². The largest absolute Gasteiger partial charge is 0.489 e. The molecule has 5 nitrogen and oxygen atoms in total. The molecule has 1 aliphatic heterocycles. The lowest BCUT2D eigenvalue weighted by Crippen LogP contribution is -2.41. The van der Waals surface area contributed by atoms with Crippen LogP contribution >= 0.6 is 0 Å².